The summed E-state index contributed by atoms with van der Waals surface area (Å²) in [6, 6.07) is 11.4. The van der Waals surface area contributed by atoms with Crippen molar-refractivity contribution >= 4 is 11.7 Å². The van der Waals surface area contributed by atoms with E-state index in [0.29, 0.717) is 17.1 Å². The lowest BCUT2D eigenvalue weighted by molar-refractivity contribution is -0.119. The van der Waals surface area contributed by atoms with E-state index in [9.17, 15) is 14.0 Å². The first-order valence-electron chi connectivity index (χ1n) is 8.04. The van der Waals surface area contributed by atoms with Crippen molar-refractivity contribution in [1.29, 1.82) is 0 Å². The second kappa shape index (κ2) is 7.26. The summed E-state index contributed by atoms with van der Waals surface area (Å²) in [5.74, 6) is -0.328. The smallest absolute Gasteiger partial charge is 0.267 e. The molecule has 2 heterocycles. The van der Waals surface area contributed by atoms with Crippen molar-refractivity contribution < 1.29 is 9.18 Å². The number of nitrogens with one attached hydrogen (secondary N) is 1. The van der Waals surface area contributed by atoms with Gasteiger partial charge in [0, 0.05) is 17.8 Å². The van der Waals surface area contributed by atoms with E-state index in [4.69, 9.17) is 0 Å². The summed E-state index contributed by atoms with van der Waals surface area (Å²) in [6.07, 6.45) is 1.58. The first kappa shape index (κ1) is 17.5. The first-order valence-corrected chi connectivity index (χ1v) is 8.04. The first-order chi connectivity index (χ1) is 12.5. The number of rotatable bonds is 4. The number of amides is 1. The summed E-state index contributed by atoms with van der Waals surface area (Å²) in [5, 5.41) is 6.96. The lowest BCUT2D eigenvalue weighted by atomic mass is 10.1. The second-order valence-corrected chi connectivity index (χ2v) is 5.84. The number of hydrogen-bond donors (Lipinski definition) is 1. The van der Waals surface area contributed by atoms with Crippen LogP contribution in [0.25, 0.3) is 11.3 Å². The van der Waals surface area contributed by atoms with Crippen molar-refractivity contribution in [1.82, 2.24) is 14.8 Å². The van der Waals surface area contributed by atoms with Gasteiger partial charge in [0.15, 0.2) is 0 Å². The number of nitrogens with zero attached hydrogens (tertiary/aromatic N) is 3. The van der Waals surface area contributed by atoms with Gasteiger partial charge in [0.05, 0.1) is 5.69 Å². The third kappa shape index (κ3) is 3.66. The van der Waals surface area contributed by atoms with E-state index in [1.54, 1.807) is 37.4 Å². The Morgan fingerprint density at radius 3 is 2.58 bits per heavy atom. The number of aromatic nitrogens is 3. The molecule has 3 rings (SSSR count). The quantitative estimate of drug-likeness (QED) is 0.783. The summed E-state index contributed by atoms with van der Waals surface area (Å²) in [4.78, 5) is 28.8. The Balaban J connectivity index is 1.89. The Morgan fingerprint density at radius 2 is 1.88 bits per heavy atom. The number of hydrogen-bond acceptors (Lipinski definition) is 4. The lowest BCUT2D eigenvalue weighted by Gasteiger charge is -2.15. The Kier molecular flexibility index (Phi) is 4.88. The zero-order chi connectivity index (χ0) is 18.7. The van der Waals surface area contributed by atoms with Crippen LogP contribution in [0.1, 0.15) is 18.5 Å². The Hall–Kier alpha value is -3.35. The molecule has 7 heteroatoms. The van der Waals surface area contributed by atoms with Crippen molar-refractivity contribution in [2.45, 2.75) is 19.9 Å². The number of carbonyl (C=O) groups excluding carboxylic acids is 1. The second-order valence-electron chi connectivity index (χ2n) is 5.84. The molecule has 6 nitrogen and oxygen atoms in total. The van der Waals surface area contributed by atoms with Gasteiger partial charge < -0.3 is 5.32 Å². The van der Waals surface area contributed by atoms with Gasteiger partial charge in [0.25, 0.3) is 5.56 Å². The van der Waals surface area contributed by atoms with E-state index in [2.05, 4.69) is 15.4 Å². The molecule has 0 bridgehead atoms. The lowest BCUT2D eigenvalue weighted by Crippen LogP contribution is -2.33. The molecule has 3 aromatic rings. The molecule has 1 N–H and O–H groups in total. The number of aryl methyl sites for hydroxylation is 1. The molecule has 2 aromatic heterocycles. The highest BCUT2D eigenvalue weighted by Gasteiger charge is 2.19. The standard InChI is InChI=1S/C19H17FN4O2/c1-12-4-3-11-21-18(12)22-19(26)13(2)24-17(25)10-9-16(23-24)14-5-7-15(20)8-6-14/h3-11,13H,1-2H3,(H,21,22,26)/t13-/m1/s1. The summed E-state index contributed by atoms with van der Waals surface area (Å²) >= 11 is 0. The predicted molar refractivity (Wildman–Crippen MR) is 96.2 cm³/mol. The van der Waals surface area contributed by atoms with Crippen molar-refractivity contribution in [3.05, 3.63) is 76.5 Å². The minimum Gasteiger partial charge on any atom is -0.309 e. The zero-order valence-corrected chi connectivity index (χ0v) is 14.3. The highest BCUT2D eigenvalue weighted by molar-refractivity contribution is 5.93. The number of pyridine rings is 1. The van der Waals surface area contributed by atoms with Crippen LogP contribution >= 0.6 is 0 Å². The number of benzene rings is 1. The SMILES string of the molecule is Cc1cccnc1NC(=O)[C@@H](C)n1nc(-c2ccc(F)cc2)ccc1=O. The molecule has 0 saturated carbocycles. The van der Waals surface area contributed by atoms with Crippen LogP contribution in [0.3, 0.4) is 0 Å². The topological polar surface area (TPSA) is 76.9 Å². The molecule has 0 fully saturated rings. The van der Waals surface area contributed by atoms with Crippen LogP contribution in [0.2, 0.25) is 0 Å². The fourth-order valence-electron chi connectivity index (χ4n) is 2.43. The maximum Gasteiger partial charge on any atom is 0.267 e. The van der Waals surface area contributed by atoms with Crippen molar-refractivity contribution in [3.63, 3.8) is 0 Å². The van der Waals surface area contributed by atoms with E-state index >= 15 is 0 Å². The number of halogens is 1. The molecule has 0 aliphatic heterocycles. The minimum atomic E-state index is -0.843. The van der Waals surface area contributed by atoms with Gasteiger partial charge in [0.2, 0.25) is 5.91 Å². The van der Waals surface area contributed by atoms with E-state index in [0.717, 1.165) is 10.2 Å². The van der Waals surface area contributed by atoms with Crippen LogP contribution in [0.5, 0.6) is 0 Å². The molecule has 0 unspecified atom stereocenters. The van der Waals surface area contributed by atoms with Crippen molar-refractivity contribution in [3.8, 4) is 11.3 Å². The minimum absolute atomic E-state index is 0.361. The molecule has 0 aliphatic rings. The fourth-order valence-corrected chi connectivity index (χ4v) is 2.43. The average Bonchev–Trinajstić information content (AvgIpc) is 2.64. The monoisotopic (exact) mass is 352 g/mol. The Morgan fingerprint density at radius 1 is 1.15 bits per heavy atom. The van der Waals surface area contributed by atoms with Gasteiger partial charge in [-0.05, 0) is 55.8 Å². The summed E-state index contributed by atoms with van der Waals surface area (Å²) in [5.41, 5.74) is 1.52. The molecular formula is C19H17FN4O2. The van der Waals surface area contributed by atoms with Crippen LogP contribution in [0.15, 0.2) is 59.5 Å². The van der Waals surface area contributed by atoms with E-state index in [1.807, 2.05) is 13.0 Å². The largest absolute Gasteiger partial charge is 0.309 e. The molecule has 1 atom stereocenters. The molecule has 0 spiro atoms. The number of carbonyl (C=O) groups is 1. The number of anilines is 1. The molecule has 132 valence electrons. The Labute approximate surface area is 149 Å². The highest BCUT2D eigenvalue weighted by atomic mass is 19.1. The van der Waals surface area contributed by atoms with Crippen LogP contribution in [-0.2, 0) is 4.79 Å². The van der Waals surface area contributed by atoms with Gasteiger partial charge in [-0.3, -0.25) is 9.59 Å². The van der Waals surface area contributed by atoms with Gasteiger partial charge >= 0.3 is 0 Å². The van der Waals surface area contributed by atoms with Crippen molar-refractivity contribution in [2.75, 3.05) is 5.32 Å². The van der Waals surface area contributed by atoms with Gasteiger partial charge in [-0.15, -0.1) is 0 Å². The van der Waals surface area contributed by atoms with Gasteiger partial charge in [-0.2, -0.15) is 5.10 Å². The van der Waals surface area contributed by atoms with E-state index < -0.39 is 17.5 Å². The maximum absolute atomic E-state index is 13.1. The molecule has 26 heavy (non-hydrogen) atoms. The Bertz CT molecular complexity index is 999. The normalized spacial score (nSPS) is 11.8. The summed E-state index contributed by atoms with van der Waals surface area (Å²) in [7, 11) is 0. The van der Waals surface area contributed by atoms with Gasteiger partial charge in [0.1, 0.15) is 17.7 Å². The molecule has 0 saturated heterocycles. The van der Waals surface area contributed by atoms with Gasteiger partial charge in [-0.1, -0.05) is 6.07 Å². The van der Waals surface area contributed by atoms with Crippen LogP contribution in [0, 0.1) is 12.7 Å². The van der Waals surface area contributed by atoms with Crippen LogP contribution in [-0.4, -0.2) is 20.7 Å². The average molecular weight is 352 g/mol. The maximum atomic E-state index is 13.1. The zero-order valence-electron chi connectivity index (χ0n) is 14.3. The van der Waals surface area contributed by atoms with Crippen LogP contribution < -0.4 is 10.9 Å². The van der Waals surface area contributed by atoms with E-state index in [1.165, 1.54) is 18.2 Å². The molecule has 0 aliphatic carbocycles. The highest BCUT2D eigenvalue weighted by Crippen LogP contribution is 2.17. The summed E-state index contributed by atoms with van der Waals surface area (Å²) in [6.45, 7) is 3.41. The fraction of sp³-hybridized carbons (Fsp3) is 0.158. The van der Waals surface area contributed by atoms with Crippen molar-refractivity contribution in [2.24, 2.45) is 0 Å². The predicted octanol–water partition coefficient (Wildman–Crippen LogP) is 2.95. The van der Waals surface area contributed by atoms with Crippen LogP contribution in [0.4, 0.5) is 10.2 Å². The summed E-state index contributed by atoms with van der Waals surface area (Å²) < 4.78 is 14.2. The molecular weight excluding hydrogens is 335 g/mol. The molecule has 0 radical (unpaired) electrons. The van der Waals surface area contributed by atoms with Gasteiger partial charge in [-0.25, -0.2) is 14.1 Å². The molecule has 1 amide bonds. The third-order valence-corrected chi connectivity index (χ3v) is 3.96. The third-order valence-electron chi connectivity index (χ3n) is 3.96. The molecule has 1 aromatic carbocycles. The van der Waals surface area contributed by atoms with E-state index in [-0.39, 0.29) is 5.82 Å².